The third-order valence-corrected chi connectivity index (χ3v) is 6.07. The Balaban J connectivity index is 1.65. The number of aromatic nitrogens is 1. The average molecular weight is 505 g/mol. The lowest BCUT2D eigenvalue weighted by molar-refractivity contribution is -0.687. The number of halogens is 4. The average Bonchev–Trinajstić information content (AvgIpc) is 2.70. The molecule has 0 spiro atoms. The number of nitrogens with zero attached hydrogens (tertiary/aromatic N) is 1. The van der Waals surface area contributed by atoms with Gasteiger partial charge < -0.3 is 10.1 Å². The molecule has 0 atom stereocenters. The van der Waals surface area contributed by atoms with Crippen molar-refractivity contribution >= 4 is 56.6 Å². The highest BCUT2D eigenvalue weighted by atomic mass is 35.5. The van der Waals surface area contributed by atoms with Gasteiger partial charge in [-0.3, -0.25) is 4.79 Å². The van der Waals surface area contributed by atoms with Crippen molar-refractivity contribution < 1.29 is 26.4 Å². The third-order valence-electron chi connectivity index (χ3n) is 4.03. The summed E-state index contributed by atoms with van der Waals surface area (Å²) < 4.78 is 42.8. The van der Waals surface area contributed by atoms with Crippen LogP contribution in [0.25, 0.3) is 0 Å². The smallest absolute Gasteiger partial charge is 0.333 e. The van der Waals surface area contributed by atoms with Gasteiger partial charge in [0.1, 0.15) is 16.3 Å². The van der Waals surface area contributed by atoms with Crippen LogP contribution in [-0.2, 0) is 21.6 Å². The van der Waals surface area contributed by atoms with Crippen LogP contribution in [0.1, 0.15) is 5.56 Å². The van der Waals surface area contributed by atoms with E-state index in [0.717, 1.165) is 0 Å². The first-order valence-electron chi connectivity index (χ1n) is 8.72. The Morgan fingerprint density at radius 3 is 2.48 bits per heavy atom. The first kappa shape index (κ1) is 23.3. The van der Waals surface area contributed by atoms with E-state index in [2.05, 4.69) is 5.32 Å². The zero-order valence-corrected chi connectivity index (χ0v) is 18.8. The Bertz CT molecular complexity index is 1240. The van der Waals surface area contributed by atoms with E-state index in [0.29, 0.717) is 27.0 Å². The first-order valence-corrected chi connectivity index (χ1v) is 11.2. The van der Waals surface area contributed by atoms with Crippen molar-refractivity contribution in [2.45, 2.75) is 11.4 Å². The van der Waals surface area contributed by atoms with Gasteiger partial charge in [-0.2, -0.15) is 13.0 Å². The summed E-state index contributed by atoms with van der Waals surface area (Å²) in [5.74, 6) is -0.00448. The largest absolute Gasteiger partial charge is 0.484 e. The highest BCUT2D eigenvalue weighted by Gasteiger charge is 2.18. The molecular formula is C20H15Cl3FN2O4S+. The normalized spacial score (nSPS) is 11.2. The number of amides is 1. The van der Waals surface area contributed by atoms with Gasteiger partial charge in [-0.1, -0.05) is 40.9 Å². The quantitative estimate of drug-likeness (QED) is 0.375. The molecule has 3 aromatic rings. The van der Waals surface area contributed by atoms with E-state index >= 15 is 0 Å². The minimum Gasteiger partial charge on any atom is -0.484 e. The summed E-state index contributed by atoms with van der Waals surface area (Å²) in [6.45, 7) is -0.0229. The van der Waals surface area contributed by atoms with Crippen molar-refractivity contribution in [2.75, 3.05) is 11.9 Å². The van der Waals surface area contributed by atoms with Crippen LogP contribution in [0.4, 0.5) is 9.57 Å². The van der Waals surface area contributed by atoms with E-state index < -0.39 is 21.0 Å². The second kappa shape index (κ2) is 9.82. The molecular weight excluding hydrogens is 490 g/mol. The van der Waals surface area contributed by atoms with E-state index in [1.807, 2.05) is 0 Å². The number of carbonyl (C=O) groups is 1. The van der Waals surface area contributed by atoms with Crippen molar-refractivity contribution in [2.24, 2.45) is 0 Å². The van der Waals surface area contributed by atoms with Gasteiger partial charge in [-0.15, -0.1) is 3.89 Å². The summed E-state index contributed by atoms with van der Waals surface area (Å²) in [6.07, 6.45) is 3.34. The fraction of sp³-hybridized carbons (Fsp3) is 0.100. The Kier molecular flexibility index (Phi) is 7.38. The lowest BCUT2D eigenvalue weighted by Crippen LogP contribution is -2.34. The van der Waals surface area contributed by atoms with Crippen molar-refractivity contribution in [3.05, 3.63) is 81.6 Å². The molecule has 0 aliphatic rings. The SMILES string of the molecule is O=C(COc1ccc(Cl)c(Cl)c1)Nc1ccc[n+](Cc2ccc(Cl)c(S(=O)(=O)F)c2)c1. The van der Waals surface area contributed by atoms with E-state index in [9.17, 15) is 17.1 Å². The number of hydrogen-bond acceptors (Lipinski definition) is 4. The fourth-order valence-corrected chi connectivity index (χ4v) is 3.93. The van der Waals surface area contributed by atoms with Crippen molar-refractivity contribution in [1.82, 2.24) is 0 Å². The van der Waals surface area contributed by atoms with Crippen LogP contribution in [0.5, 0.6) is 5.75 Å². The molecule has 0 radical (unpaired) electrons. The van der Waals surface area contributed by atoms with Crippen LogP contribution in [0.15, 0.2) is 65.8 Å². The van der Waals surface area contributed by atoms with E-state index in [-0.39, 0.29) is 18.2 Å². The number of carbonyl (C=O) groups excluding carboxylic acids is 1. The van der Waals surface area contributed by atoms with Crippen LogP contribution in [0, 0.1) is 0 Å². The van der Waals surface area contributed by atoms with Crippen molar-refractivity contribution in [3.8, 4) is 5.75 Å². The lowest BCUT2D eigenvalue weighted by atomic mass is 10.2. The van der Waals surface area contributed by atoms with Crippen LogP contribution >= 0.6 is 34.8 Å². The summed E-state index contributed by atoms with van der Waals surface area (Å²) in [5.41, 5.74) is 0.995. The molecule has 11 heteroatoms. The molecule has 2 aromatic carbocycles. The topological polar surface area (TPSA) is 76.3 Å². The van der Waals surface area contributed by atoms with Crippen LogP contribution in [0.2, 0.25) is 15.1 Å². The fourth-order valence-electron chi connectivity index (χ4n) is 2.65. The molecule has 0 bridgehead atoms. The lowest BCUT2D eigenvalue weighted by Gasteiger charge is -2.08. The standard InChI is InChI=1S/C20H14Cl3FN2O4S/c21-16-6-4-15(9-18(16)23)30-12-20(27)25-14-2-1-7-26(11-14)10-13-3-5-17(22)19(8-13)31(24,28)29/h1-9,11H,10,12H2/p+1. The maximum atomic E-state index is 13.4. The minimum atomic E-state index is -4.93. The van der Waals surface area contributed by atoms with Gasteiger partial charge in [0.15, 0.2) is 25.5 Å². The number of anilines is 1. The monoisotopic (exact) mass is 503 g/mol. The van der Waals surface area contributed by atoms with Gasteiger partial charge in [0.2, 0.25) is 0 Å². The molecule has 3 rings (SSSR count). The first-order chi connectivity index (χ1) is 14.6. The molecule has 0 aliphatic carbocycles. The molecule has 1 N–H and O–H groups in total. The predicted octanol–water partition coefficient (Wildman–Crippen LogP) is 4.66. The maximum absolute atomic E-state index is 13.4. The Morgan fingerprint density at radius 2 is 1.77 bits per heavy atom. The molecule has 0 fully saturated rings. The van der Waals surface area contributed by atoms with E-state index in [1.54, 1.807) is 47.3 Å². The number of hydrogen-bond donors (Lipinski definition) is 1. The molecule has 1 heterocycles. The van der Waals surface area contributed by atoms with Crippen LogP contribution in [-0.4, -0.2) is 20.9 Å². The number of pyridine rings is 1. The summed E-state index contributed by atoms with van der Waals surface area (Å²) in [4.78, 5) is 11.6. The second-order valence-corrected chi connectivity index (χ2v) is 8.92. The zero-order valence-electron chi connectivity index (χ0n) is 15.7. The van der Waals surface area contributed by atoms with E-state index in [1.165, 1.54) is 18.2 Å². The van der Waals surface area contributed by atoms with Gasteiger partial charge in [0.25, 0.3) is 5.91 Å². The van der Waals surface area contributed by atoms with Gasteiger partial charge in [0.05, 0.1) is 15.1 Å². The molecule has 0 saturated heterocycles. The van der Waals surface area contributed by atoms with Crippen LogP contribution < -0.4 is 14.6 Å². The number of nitrogens with one attached hydrogen (secondary N) is 1. The predicted molar refractivity (Wildman–Crippen MR) is 116 cm³/mol. The minimum absolute atomic E-state index is 0.195. The van der Waals surface area contributed by atoms with E-state index in [4.69, 9.17) is 39.5 Å². The molecule has 1 amide bonds. The molecule has 162 valence electrons. The Labute approximate surface area is 193 Å². The second-order valence-electron chi connectivity index (χ2n) is 6.38. The van der Waals surface area contributed by atoms with Crippen molar-refractivity contribution in [1.29, 1.82) is 0 Å². The molecule has 0 aliphatic heterocycles. The summed E-state index contributed by atoms with van der Waals surface area (Å²) in [5, 5.41) is 3.19. The summed E-state index contributed by atoms with van der Waals surface area (Å²) in [6, 6.07) is 12.1. The Hall–Kier alpha value is -2.39. The van der Waals surface area contributed by atoms with Gasteiger partial charge in [-0.25, -0.2) is 0 Å². The van der Waals surface area contributed by atoms with Gasteiger partial charge >= 0.3 is 10.2 Å². The molecule has 6 nitrogen and oxygen atoms in total. The van der Waals surface area contributed by atoms with Gasteiger partial charge in [-0.05, 0) is 30.3 Å². The molecule has 1 aromatic heterocycles. The Morgan fingerprint density at radius 1 is 1.03 bits per heavy atom. The third kappa shape index (κ3) is 6.54. The number of benzene rings is 2. The number of rotatable bonds is 7. The van der Waals surface area contributed by atoms with Crippen LogP contribution in [0.3, 0.4) is 0 Å². The summed E-state index contributed by atoms with van der Waals surface area (Å²) >= 11 is 17.5. The maximum Gasteiger partial charge on any atom is 0.333 e. The highest BCUT2D eigenvalue weighted by Crippen LogP contribution is 2.26. The molecule has 0 unspecified atom stereocenters. The molecule has 31 heavy (non-hydrogen) atoms. The highest BCUT2D eigenvalue weighted by molar-refractivity contribution is 7.86. The number of ether oxygens (including phenoxy) is 1. The summed E-state index contributed by atoms with van der Waals surface area (Å²) in [7, 11) is -4.93. The van der Waals surface area contributed by atoms with Crippen molar-refractivity contribution in [3.63, 3.8) is 0 Å². The zero-order chi connectivity index (χ0) is 22.6. The molecule has 0 saturated carbocycles. The van der Waals surface area contributed by atoms with Gasteiger partial charge in [0, 0.05) is 17.7 Å².